The van der Waals surface area contributed by atoms with Crippen molar-refractivity contribution < 1.29 is 9.59 Å². The number of nitrogen functional groups attached to an aromatic ring is 1. The summed E-state index contributed by atoms with van der Waals surface area (Å²) in [4.78, 5) is 27.3. The van der Waals surface area contributed by atoms with E-state index in [0.29, 0.717) is 33.8 Å². The number of aromatic nitrogens is 1. The van der Waals surface area contributed by atoms with Gasteiger partial charge in [-0.25, -0.2) is 0 Å². The van der Waals surface area contributed by atoms with Crippen molar-refractivity contribution in [2.45, 2.75) is 0 Å². The molecule has 0 amide bonds. The van der Waals surface area contributed by atoms with Gasteiger partial charge in [-0.2, -0.15) is 0 Å². The van der Waals surface area contributed by atoms with Gasteiger partial charge in [-0.1, -0.05) is 90.5 Å². The Morgan fingerprint density at radius 2 is 1.09 bits per heavy atom. The topological polar surface area (TPSA) is 65.1 Å². The third kappa shape index (κ3) is 3.30. The average Bonchev–Trinajstić information content (AvgIpc) is 3.21. The van der Waals surface area contributed by atoms with Crippen LogP contribution in [0.4, 0.5) is 5.69 Å². The molecule has 0 unspecified atom stereocenters. The zero-order valence-electron chi connectivity index (χ0n) is 18.5. The van der Waals surface area contributed by atoms with E-state index < -0.39 is 0 Å². The summed E-state index contributed by atoms with van der Waals surface area (Å²) in [6, 6.07) is 32.1. The second kappa shape index (κ2) is 8.12. The molecule has 5 heteroatoms. The van der Waals surface area contributed by atoms with E-state index in [1.165, 1.54) is 0 Å². The van der Waals surface area contributed by atoms with Crippen LogP contribution in [0, 0.1) is 0 Å². The Bertz CT molecular complexity index is 1620. The maximum Gasteiger partial charge on any atom is 0.197 e. The number of anilines is 1. The third-order valence-corrected chi connectivity index (χ3v) is 6.76. The van der Waals surface area contributed by atoms with E-state index in [0.717, 1.165) is 16.7 Å². The summed E-state index contributed by atoms with van der Waals surface area (Å²) in [6.45, 7) is 0. The molecule has 0 atom stereocenters. The lowest BCUT2D eigenvalue weighted by atomic mass is 9.84. The van der Waals surface area contributed by atoms with Crippen LogP contribution in [0.1, 0.15) is 31.8 Å². The van der Waals surface area contributed by atoms with Crippen LogP contribution < -0.4 is 5.73 Å². The van der Waals surface area contributed by atoms with Crippen LogP contribution in [0.2, 0.25) is 5.15 Å². The summed E-state index contributed by atoms with van der Waals surface area (Å²) in [5.74, 6) is -0.468. The molecule has 0 spiro atoms. The van der Waals surface area contributed by atoms with Crippen LogP contribution in [0.25, 0.3) is 28.1 Å². The Morgan fingerprint density at radius 3 is 1.71 bits per heavy atom. The van der Waals surface area contributed by atoms with Crippen LogP contribution in [0.3, 0.4) is 0 Å². The van der Waals surface area contributed by atoms with E-state index in [9.17, 15) is 9.59 Å². The summed E-state index contributed by atoms with van der Waals surface area (Å²) >= 11 is 6.88. The van der Waals surface area contributed by atoms with Crippen molar-refractivity contribution in [1.29, 1.82) is 0 Å². The fourth-order valence-electron chi connectivity index (χ4n) is 4.71. The smallest absolute Gasteiger partial charge is 0.197 e. The average molecular weight is 475 g/mol. The first kappa shape index (κ1) is 21.1. The van der Waals surface area contributed by atoms with Crippen molar-refractivity contribution in [3.8, 4) is 28.1 Å². The van der Waals surface area contributed by atoms with Crippen molar-refractivity contribution in [3.63, 3.8) is 0 Å². The highest BCUT2D eigenvalue weighted by atomic mass is 35.5. The summed E-state index contributed by atoms with van der Waals surface area (Å²) in [6.07, 6.45) is 0. The van der Waals surface area contributed by atoms with Crippen LogP contribution in [0.15, 0.2) is 103 Å². The normalized spacial score (nSPS) is 12.4. The van der Waals surface area contributed by atoms with Gasteiger partial charge in [-0.15, -0.1) is 0 Å². The highest BCUT2D eigenvalue weighted by Crippen LogP contribution is 2.43. The van der Waals surface area contributed by atoms with Gasteiger partial charge < -0.3 is 5.73 Å². The molecule has 0 fully saturated rings. The number of hydrogen-bond acceptors (Lipinski definition) is 3. The van der Waals surface area contributed by atoms with Crippen LogP contribution in [-0.2, 0) is 0 Å². The minimum Gasteiger partial charge on any atom is -0.399 e. The standard InChI is InChI=1S/C30H19ClN2O2/c31-30-26-25(28(34)23-8-4-5-9-24(23)29(26)35)27(33(30)22-16-14-21(32)15-17-22)20-12-10-19(11-13-20)18-6-2-1-3-7-18/h1-17H,32H2. The molecule has 0 saturated heterocycles. The van der Waals surface area contributed by atoms with Crippen LogP contribution in [0.5, 0.6) is 0 Å². The van der Waals surface area contributed by atoms with E-state index in [4.69, 9.17) is 17.3 Å². The molecule has 4 nitrogen and oxygen atoms in total. The van der Waals surface area contributed by atoms with Gasteiger partial charge in [0.25, 0.3) is 0 Å². The highest BCUT2D eigenvalue weighted by molar-refractivity contribution is 6.40. The van der Waals surface area contributed by atoms with E-state index in [1.54, 1.807) is 41.0 Å². The van der Waals surface area contributed by atoms with E-state index in [2.05, 4.69) is 0 Å². The summed E-state index contributed by atoms with van der Waals surface area (Å²) in [7, 11) is 0. The number of ketones is 2. The molecule has 0 aliphatic heterocycles. The Labute approximate surface area is 207 Å². The molecule has 4 aromatic carbocycles. The Balaban J connectivity index is 1.62. The molecule has 35 heavy (non-hydrogen) atoms. The number of carbonyl (C=O) groups excluding carboxylic acids is 2. The lowest BCUT2D eigenvalue weighted by molar-refractivity contribution is 0.0980. The largest absolute Gasteiger partial charge is 0.399 e. The number of rotatable bonds is 3. The molecule has 1 aliphatic rings. The number of benzene rings is 4. The Kier molecular flexibility index (Phi) is 4.90. The van der Waals surface area contributed by atoms with E-state index in [-0.39, 0.29) is 22.3 Å². The maximum atomic E-state index is 13.7. The van der Waals surface area contributed by atoms with Crippen LogP contribution >= 0.6 is 11.6 Å². The van der Waals surface area contributed by atoms with Gasteiger partial charge >= 0.3 is 0 Å². The van der Waals surface area contributed by atoms with E-state index >= 15 is 0 Å². The molecule has 0 bridgehead atoms. The molecular weight excluding hydrogens is 456 g/mol. The minimum absolute atomic E-state index is 0.208. The molecule has 0 saturated carbocycles. The molecular formula is C30H19ClN2O2. The molecule has 5 aromatic rings. The predicted octanol–water partition coefficient (Wildman–Crippen LogP) is 6.82. The van der Waals surface area contributed by atoms with Gasteiger partial charge in [-0.05, 0) is 41.0 Å². The predicted molar refractivity (Wildman–Crippen MR) is 139 cm³/mol. The highest BCUT2D eigenvalue weighted by Gasteiger charge is 2.38. The van der Waals surface area contributed by atoms with Crippen molar-refractivity contribution in [2.24, 2.45) is 0 Å². The first-order valence-corrected chi connectivity index (χ1v) is 11.6. The van der Waals surface area contributed by atoms with Gasteiger partial charge in [0, 0.05) is 22.5 Å². The molecule has 0 radical (unpaired) electrons. The summed E-state index contributed by atoms with van der Waals surface area (Å²) in [5, 5.41) is 0.208. The quantitative estimate of drug-likeness (QED) is 0.286. The SMILES string of the molecule is Nc1ccc(-n2c(Cl)c3c(c2-c2ccc(-c4ccccc4)cc2)C(=O)c2ccccc2C3=O)cc1. The Morgan fingerprint density at radius 1 is 0.571 bits per heavy atom. The number of nitrogens with two attached hydrogens (primary N) is 1. The van der Waals surface area contributed by atoms with E-state index in [1.807, 2.05) is 66.7 Å². The zero-order valence-corrected chi connectivity index (χ0v) is 19.3. The Hall–Kier alpha value is -4.41. The maximum absolute atomic E-state index is 13.7. The zero-order chi connectivity index (χ0) is 24.1. The number of halogens is 1. The minimum atomic E-state index is -0.253. The number of nitrogens with zero attached hydrogens (tertiary/aromatic N) is 1. The van der Waals surface area contributed by atoms with Crippen LogP contribution in [-0.4, -0.2) is 16.1 Å². The second-order valence-corrected chi connectivity index (χ2v) is 8.82. The molecule has 168 valence electrons. The van der Waals surface area contributed by atoms with Crippen molar-refractivity contribution >= 4 is 28.9 Å². The molecule has 6 rings (SSSR count). The fraction of sp³-hybridized carbons (Fsp3) is 0. The van der Waals surface area contributed by atoms with Crippen molar-refractivity contribution in [3.05, 3.63) is 131 Å². The third-order valence-electron chi connectivity index (χ3n) is 6.40. The first-order chi connectivity index (χ1) is 17.0. The van der Waals surface area contributed by atoms with Gasteiger partial charge in [0.15, 0.2) is 11.6 Å². The molecule has 2 N–H and O–H groups in total. The molecule has 1 aliphatic carbocycles. The van der Waals surface area contributed by atoms with Gasteiger partial charge in [0.05, 0.1) is 16.8 Å². The number of fused-ring (bicyclic) bond motifs is 2. The first-order valence-electron chi connectivity index (χ1n) is 11.2. The molecule has 1 heterocycles. The second-order valence-electron chi connectivity index (χ2n) is 8.46. The number of carbonyl (C=O) groups is 2. The lowest BCUT2D eigenvalue weighted by Gasteiger charge is -2.16. The monoisotopic (exact) mass is 474 g/mol. The van der Waals surface area contributed by atoms with Gasteiger partial charge in [0.2, 0.25) is 0 Å². The van der Waals surface area contributed by atoms with Gasteiger partial charge in [0.1, 0.15) is 5.15 Å². The summed E-state index contributed by atoms with van der Waals surface area (Å²) < 4.78 is 1.77. The number of hydrogen-bond donors (Lipinski definition) is 1. The molecule has 1 aromatic heterocycles. The summed E-state index contributed by atoms with van der Waals surface area (Å²) in [5.41, 5.74) is 12.0. The lowest BCUT2D eigenvalue weighted by Crippen LogP contribution is -2.20. The van der Waals surface area contributed by atoms with Gasteiger partial charge in [-0.3, -0.25) is 14.2 Å². The van der Waals surface area contributed by atoms with Crippen molar-refractivity contribution in [2.75, 3.05) is 5.73 Å². The van der Waals surface area contributed by atoms with Crippen molar-refractivity contribution in [1.82, 2.24) is 4.57 Å². The fourth-order valence-corrected chi connectivity index (χ4v) is 5.07.